The van der Waals surface area contributed by atoms with Crippen LogP contribution in [0.15, 0.2) is 47.5 Å². The molecule has 1 aliphatic carbocycles. The lowest BCUT2D eigenvalue weighted by Crippen LogP contribution is -1.99. The SMILES string of the molecule is COc1ccc(/C=C2/CC(=O)C(c3ccc(OC)cc3OC)=C2C)c(OC)c1. The summed E-state index contributed by atoms with van der Waals surface area (Å²) in [5.41, 5.74) is 4.25. The van der Waals surface area contributed by atoms with Gasteiger partial charge in [0.15, 0.2) is 5.78 Å². The van der Waals surface area contributed by atoms with Crippen LogP contribution in [0.2, 0.25) is 0 Å². The minimum Gasteiger partial charge on any atom is -0.497 e. The zero-order chi connectivity index (χ0) is 20.3. The molecule has 0 saturated heterocycles. The van der Waals surface area contributed by atoms with Crippen LogP contribution in [0.3, 0.4) is 0 Å². The summed E-state index contributed by atoms with van der Waals surface area (Å²) in [4.78, 5) is 12.8. The number of allylic oxidation sites excluding steroid dienone is 3. The first-order chi connectivity index (χ1) is 13.5. The number of Topliss-reactive ketones (excluding diaryl/α,β-unsaturated/α-hetero) is 1. The highest BCUT2D eigenvalue weighted by molar-refractivity contribution is 6.27. The minimum atomic E-state index is 0.0692. The van der Waals surface area contributed by atoms with Crippen LogP contribution in [0.5, 0.6) is 23.0 Å². The molecule has 146 valence electrons. The Balaban J connectivity index is 2.07. The van der Waals surface area contributed by atoms with Crippen molar-refractivity contribution >= 4 is 17.4 Å². The average molecular weight is 380 g/mol. The van der Waals surface area contributed by atoms with E-state index >= 15 is 0 Å². The molecule has 5 heteroatoms. The van der Waals surface area contributed by atoms with Gasteiger partial charge in [0.25, 0.3) is 0 Å². The molecule has 3 rings (SSSR count). The van der Waals surface area contributed by atoms with Crippen LogP contribution in [-0.4, -0.2) is 34.2 Å². The summed E-state index contributed by atoms with van der Waals surface area (Å²) in [6.45, 7) is 1.96. The largest absolute Gasteiger partial charge is 0.497 e. The van der Waals surface area contributed by atoms with E-state index < -0.39 is 0 Å². The molecule has 0 aliphatic heterocycles. The molecular weight excluding hydrogens is 356 g/mol. The molecule has 2 aromatic rings. The van der Waals surface area contributed by atoms with Crippen LogP contribution in [0.25, 0.3) is 11.6 Å². The van der Waals surface area contributed by atoms with Gasteiger partial charge in [-0.3, -0.25) is 4.79 Å². The summed E-state index contributed by atoms with van der Waals surface area (Å²) >= 11 is 0. The van der Waals surface area contributed by atoms with Crippen molar-refractivity contribution in [2.75, 3.05) is 28.4 Å². The maximum absolute atomic E-state index is 12.8. The molecule has 0 bridgehead atoms. The van der Waals surface area contributed by atoms with Gasteiger partial charge >= 0.3 is 0 Å². The molecule has 0 heterocycles. The monoisotopic (exact) mass is 380 g/mol. The summed E-state index contributed by atoms with van der Waals surface area (Å²) < 4.78 is 21.5. The quantitative estimate of drug-likeness (QED) is 0.736. The second kappa shape index (κ2) is 8.21. The maximum atomic E-state index is 12.8. The second-order valence-corrected chi connectivity index (χ2v) is 6.44. The van der Waals surface area contributed by atoms with Crippen molar-refractivity contribution in [2.45, 2.75) is 13.3 Å². The minimum absolute atomic E-state index is 0.0692. The molecule has 0 spiro atoms. The van der Waals surface area contributed by atoms with Crippen LogP contribution in [0.4, 0.5) is 0 Å². The van der Waals surface area contributed by atoms with Crippen molar-refractivity contribution in [3.8, 4) is 23.0 Å². The van der Waals surface area contributed by atoms with Crippen LogP contribution in [0, 0.1) is 0 Å². The van der Waals surface area contributed by atoms with Crippen LogP contribution >= 0.6 is 0 Å². The number of ether oxygens (including phenoxy) is 4. The fourth-order valence-electron chi connectivity index (χ4n) is 3.41. The molecule has 0 radical (unpaired) electrons. The number of benzene rings is 2. The third-order valence-electron chi connectivity index (χ3n) is 4.93. The first kappa shape index (κ1) is 19.5. The average Bonchev–Trinajstić information content (AvgIpc) is 3.00. The number of hydrogen-bond donors (Lipinski definition) is 0. The van der Waals surface area contributed by atoms with Crippen molar-refractivity contribution in [3.05, 3.63) is 58.7 Å². The number of methoxy groups -OCH3 is 4. The van der Waals surface area contributed by atoms with Crippen molar-refractivity contribution in [2.24, 2.45) is 0 Å². The Morgan fingerprint density at radius 3 is 2.04 bits per heavy atom. The summed E-state index contributed by atoms with van der Waals surface area (Å²) in [5, 5.41) is 0. The van der Waals surface area contributed by atoms with Gasteiger partial charge in [-0.2, -0.15) is 0 Å². The molecule has 28 heavy (non-hydrogen) atoms. The highest BCUT2D eigenvalue weighted by Crippen LogP contribution is 2.41. The Morgan fingerprint density at radius 2 is 1.43 bits per heavy atom. The highest BCUT2D eigenvalue weighted by atomic mass is 16.5. The number of rotatable bonds is 6. The van der Waals surface area contributed by atoms with Gasteiger partial charge in [-0.25, -0.2) is 0 Å². The molecule has 0 aromatic heterocycles. The van der Waals surface area contributed by atoms with Gasteiger partial charge in [-0.1, -0.05) is 0 Å². The van der Waals surface area contributed by atoms with E-state index in [2.05, 4.69) is 0 Å². The van der Waals surface area contributed by atoms with E-state index in [-0.39, 0.29) is 5.78 Å². The maximum Gasteiger partial charge on any atom is 0.168 e. The van der Waals surface area contributed by atoms with Crippen LogP contribution in [0.1, 0.15) is 24.5 Å². The first-order valence-corrected chi connectivity index (χ1v) is 8.91. The lowest BCUT2D eigenvalue weighted by Gasteiger charge is -2.11. The lowest BCUT2D eigenvalue weighted by atomic mass is 9.99. The topological polar surface area (TPSA) is 54.0 Å². The molecular formula is C23H24O5. The second-order valence-electron chi connectivity index (χ2n) is 6.44. The van der Waals surface area contributed by atoms with Crippen molar-refractivity contribution in [3.63, 3.8) is 0 Å². The normalized spacial score (nSPS) is 15.2. The van der Waals surface area contributed by atoms with Gasteiger partial charge in [0.2, 0.25) is 0 Å². The first-order valence-electron chi connectivity index (χ1n) is 8.91. The predicted molar refractivity (Wildman–Crippen MR) is 109 cm³/mol. The van der Waals surface area contributed by atoms with E-state index in [1.54, 1.807) is 34.5 Å². The smallest absolute Gasteiger partial charge is 0.168 e. The Labute approximate surface area is 165 Å². The zero-order valence-corrected chi connectivity index (χ0v) is 16.8. The fourth-order valence-corrected chi connectivity index (χ4v) is 3.41. The molecule has 0 N–H and O–H groups in total. The lowest BCUT2D eigenvalue weighted by molar-refractivity contribution is -0.112. The molecule has 0 fully saturated rings. The number of carbonyl (C=O) groups is 1. The van der Waals surface area contributed by atoms with E-state index in [1.165, 1.54) is 0 Å². The van der Waals surface area contributed by atoms with E-state index in [4.69, 9.17) is 18.9 Å². The Kier molecular flexibility index (Phi) is 5.73. The summed E-state index contributed by atoms with van der Waals surface area (Å²) in [6, 6.07) is 11.1. The number of ketones is 1. The van der Waals surface area contributed by atoms with Gasteiger partial charge < -0.3 is 18.9 Å². The van der Waals surface area contributed by atoms with E-state index in [0.29, 0.717) is 29.2 Å². The molecule has 0 saturated carbocycles. The highest BCUT2D eigenvalue weighted by Gasteiger charge is 2.28. The standard InChI is InChI=1S/C23H24O5/c1-14-16(10-15-6-7-17(25-2)12-21(15)27-4)11-20(24)23(14)19-9-8-18(26-3)13-22(19)28-5/h6-10,12-13H,11H2,1-5H3/b16-10-. The van der Waals surface area contributed by atoms with Crippen molar-refractivity contribution < 1.29 is 23.7 Å². The van der Waals surface area contributed by atoms with Gasteiger partial charge in [0, 0.05) is 35.3 Å². The van der Waals surface area contributed by atoms with Crippen molar-refractivity contribution in [1.29, 1.82) is 0 Å². The van der Waals surface area contributed by atoms with Crippen LogP contribution in [-0.2, 0) is 4.79 Å². The van der Waals surface area contributed by atoms with E-state index in [9.17, 15) is 4.79 Å². The summed E-state index contributed by atoms with van der Waals surface area (Å²) in [5.74, 6) is 2.79. The third kappa shape index (κ3) is 3.60. The van der Waals surface area contributed by atoms with Gasteiger partial charge in [-0.05, 0) is 48.4 Å². The third-order valence-corrected chi connectivity index (χ3v) is 4.93. The molecule has 1 aliphatic rings. The molecule has 0 atom stereocenters. The van der Waals surface area contributed by atoms with E-state index in [0.717, 1.165) is 28.0 Å². The van der Waals surface area contributed by atoms with Gasteiger partial charge in [0.1, 0.15) is 23.0 Å². The fraction of sp³-hybridized carbons (Fsp3) is 0.261. The summed E-state index contributed by atoms with van der Waals surface area (Å²) in [7, 11) is 6.42. The molecule has 0 unspecified atom stereocenters. The predicted octanol–water partition coefficient (Wildman–Crippen LogP) is 4.55. The number of hydrogen-bond acceptors (Lipinski definition) is 5. The van der Waals surface area contributed by atoms with Crippen LogP contribution < -0.4 is 18.9 Å². The Hall–Kier alpha value is -3.21. The Bertz CT molecular complexity index is 969. The molecule has 0 amide bonds. The van der Waals surface area contributed by atoms with Crippen molar-refractivity contribution in [1.82, 2.24) is 0 Å². The van der Waals surface area contributed by atoms with Gasteiger partial charge in [-0.15, -0.1) is 0 Å². The number of carbonyl (C=O) groups excluding carboxylic acids is 1. The molecule has 2 aromatic carbocycles. The molecule has 5 nitrogen and oxygen atoms in total. The van der Waals surface area contributed by atoms with Gasteiger partial charge in [0.05, 0.1) is 28.4 Å². The summed E-state index contributed by atoms with van der Waals surface area (Å²) in [6.07, 6.45) is 2.33. The van der Waals surface area contributed by atoms with E-state index in [1.807, 2.05) is 43.3 Å². The zero-order valence-electron chi connectivity index (χ0n) is 16.8. The Morgan fingerprint density at radius 1 is 0.821 bits per heavy atom.